The smallest absolute Gasteiger partial charge is 0.342 e. The van der Waals surface area contributed by atoms with Crippen molar-refractivity contribution in [3.63, 3.8) is 0 Å². The summed E-state index contributed by atoms with van der Waals surface area (Å²) in [7, 11) is -2.69. The van der Waals surface area contributed by atoms with Crippen molar-refractivity contribution in [3.8, 4) is 5.75 Å². The van der Waals surface area contributed by atoms with Gasteiger partial charge in [-0.3, -0.25) is 4.79 Å². The van der Waals surface area contributed by atoms with Crippen molar-refractivity contribution in [3.05, 3.63) is 59.7 Å². The summed E-state index contributed by atoms with van der Waals surface area (Å²) in [4.78, 5) is 24.3. The number of sulfonamides is 1. The molecule has 2 aromatic carbocycles. The molecular formula is C19H22N2O6S. The number of amides is 1. The number of methoxy groups -OCH3 is 1. The molecule has 0 unspecified atom stereocenters. The van der Waals surface area contributed by atoms with E-state index in [9.17, 15) is 18.0 Å². The fraction of sp³-hybridized carbons (Fsp3) is 0.263. The van der Waals surface area contributed by atoms with Gasteiger partial charge < -0.3 is 14.8 Å². The molecule has 9 heteroatoms. The second kappa shape index (κ2) is 9.34. The average molecular weight is 406 g/mol. The Labute approximate surface area is 163 Å². The first-order chi connectivity index (χ1) is 13.2. The molecular weight excluding hydrogens is 384 g/mol. The third-order valence-electron chi connectivity index (χ3n) is 3.93. The summed E-state index contributed by atoms with van der Waals surface area (Å²) in [6, 6.07) is 13.2. The van der Waals surface area contributed by atoms with E-state index in [1.807, 2.05) is 30.3 Å². The van der Waals surface area contributed by atoms with E-state index in [4.69, 9.17) is 14.6 Å². The van der Waals surface area contributed by atoms with E-state index in [0.29, 0.717) is 13.0 Å². The maximum Gasteiger partial charge on any atom is 0.342 e. The van der Waals surface area contributed by atoms with Crippen molar-refractivity contribution < 1.29 is 27.5 Å². The van der Waals surface area contributed by atoms with Crippen molar-refractivity contribution in [2.75, 3.05) is 13.7 Å². The lowest BCUT2D eigenvalue weighted by molar-refractivity contribution is -0.129. The Morgan fingerprint density at radius 1 is 1.14 bits per heavy atom. The molecule has 8 nitrogen and oxygen atoms in total. The molecule has 28 heavy (non-hydrogen) atoms. The largest absolute Gasteiger partial charge is 0.496 e. The summed E-state index contributed by atoms with van der Waals surface area (Å²) in [5, 5.41) is 7.77. The Bertz CT molecular complexity index is 944. The van der Waals surface area contributed by atoms with Gasteiger partial charge in [0.1, 0.15) is 11.3 Å². The zero-order chi connectivity index (χ0) is 20.7. The summed E-state index contributed by atoms with van der Waals surface area (Å²) < 4.78 is 33.2. The van der Waals surface area contributed by atoms with E-state index in [1.54, 1.807) is 0 Å². The number of ether oxygens (including phenoxy) is 2. The van der Waals surface area contributed by atoms with Crippen LogP contribution in [-0.4, -0.2) is 40.1 Å². The van der Waals surface area contributed by atoms with Gasteiger partial charge in [-0.1, -0.05) is 30.3 Å². The molecule has 0 radical (unpaired) electrons. The van der Waals surface area contributed by atoms with Crippen LogP contribution in [0, 0.1) is 0 Å². The number of hydrogen-bond acceptors (Lipinski definition) is 6. The highest BCUT2D eigenvalue weighted by molar-refractivity contribution is 7.89. The number of carbonyl (C=O) groups excluding carboxylic acids is 2. The van der Waals surface area contributed by atoms with E-state index in [0.717, 1.165) is 11.6 Å². The predicted octanol–water partition coefficient (Wildman–Crippen LogP) is 1.25. The molecule has 0 saturated heterocycles. The fourth-order valence-electron chi connectivity index (χ4n) is 2.42. The number of nitrogens with one attached hydrogen (secondary N) is 1. The summed E-state index contributed by atoms with van der Waals surface area (Å²) >= 11 is 0. The quantitative estimate of drug-likeness (QED) is 0.636. The van der Waals surface area contributed by atoms with Crippen molar-refractivity contribution in [1.29, 1.82) is 0 Å². The lowest BCUT2D eigenvalue weighted by Gasteiger charge is -2.15. The van der Waals surface area contributed by atoms with Crippen LogP contribution in [0.5, 0.6) is 5.75 Å². The Morgan fingerprint density at radius 3 is 2.43 bits per heavy atom. The van der Waals surface area contributed by atoms with Crippen LogP contribution >= 0.6 is 0 Å². The van der Waals surface area contributed by atoms with Crippen LogP contribution in [0.2, 0.25) is 0 Å². The molecule has 0 bridgehead atoms. The number of rotatable bonds is 8. The predicted molar refractivity (Wildman–Crippen MR) is 102 cm³/mol. The van der Waals surface area contributed by atoms with Crippen molar-refractivity contribution in [2.24, 2.45) is 5.14 Å². The highest BCUT2D eigenvalue weighted by atomic mass is 32.2. The lowest BCUT2D eigenvalue weighted by atomic mass is 10.1. The first-order valence-electron chi connectivity index (χ1n) is 8.46. The van der Waals surface area contributed by atoms with E-state index in [2.05, 4.69) is 5.32 Å². The molecule has 150 valence electrons. The molecule has 0 saturated carbocycles. The van der Waals surface area contributed by atoms with Gasteiger partial charge in [-0.25, -0.2) is 18.4 Å². The molecule has 0 spiro atoms. The van der Waals surface area contributed by atoms with Crippen LogP contribution in [0.1, 0.15) is 22.8 Å². The number of hydrogen-bond donors (Lipinski definition) is 2. The SMILES string of the molecule is COc1ccc(S(N)(=O)=O)cc1C(=O)O[C@@H](C)C(=O)NCCc1ccccc1. The molecule has 0 aliphatic heterocycles. The molecule has 0 fully saturated rings. The van der Waals surface area contributed by atoms with Gasteiger partial charge in [-0.2, -0.15) is 0 Å². The highest BCUT2D eigenvalue weighted by Gasteiger charge is 2.23. The summed E-state index contributed by atoms with van der Waals surface area (Å²) in [5.41, 5.74) is 0.926. The Balaban J connectivity index is 2.00. The molecule has 0 aromatic heterocycles. The molecule has 0 heterocycles. The van der Waals surface area contributed by atoms with Gasteiger partial charge in [-0.05, 0) is 37.1 Å². The van der Waals surface area contributed by atoms with Gasteiger partial charge in [0.25, 0.3) is 5.91 Å². The van der Waals surface area contributed by atoms with E-state index < -0.39 is 28.0 Å². The fourth-order valence-corrected chi connectivity index (χ4v) is 2.96. The topological polar surface area (TPSA) is 125 Å². The van der Waals surface area contributed by atoms with Crippen molar-refractivity contribution in [1.82, 2.24) is 5.32 Å². The van der Waals surface area contributed by atoms with Crippen LogP contribution in [0.15, 0.2) is 53.4 Å². The molecule has 2 aromatic rings. The van der Waals surface area contributed by atoms with Crippen molar-refractivity contribution >= 4 is 21.9 Å². The van der Waals surface area contributed by atoms with Crippen LogP contribution in [-0.2, 0) is 26.0 Å². The minimum absolute atomic E-state index is 0.106. The van der Waals surface area contributed by atoms with E-state index in [1.165, 1.54) is 26.2 Å². The number of carbonyl (C=O) groups is 2. The van der Waals surface area contributed by atoms with Gasteiger partial charge >= 0.3 is 5.97 Å². The highest BCUT2D eigenvalue weighted by Crippen LogP contribution is 2.23. The van der Waals surface area contributed by atoms with Crippen LogP contribution < -0.4 is 15.2 Å². The number of esters is 1. The average Bonchev–Trinajstić information content (AvgIpc) is 2.67. The second-order valence-electron chi connectivity index (χ2n) is 5.98. The third-order valence-corrected chi connectivity index (χ3v) is 4.84. The Morgan fingerprint density at radius 2 is 1.82 bits per heavy atom. The van der Waals surface area contributed by atoms with Gasteiger partial charge in [0, 0.05) is 6.54 Å². The monoisotopic (exact) mass is 406 g/mol. The zero-order valence-corrected chi connectivity index (χ0v) is 16.4. The van der Waals surface area contributed by atoms with Gasteiger partial charge in [0.15, 0.2) is 6.10 Å². The first-order valence-corrected chi connectivity index (χ1v) is 10.0. The molecule has 0 aliphatic carbocycles. The van der Waals surface area contributed by atoms with Crippen molar-refractivity contribution in [2.45, 2.75) is 24.3 Å². The zero-order valence-electron chi connectivity index (χ0n) is 15.5. The van der Waals surface area contributed by atoms with Crippen LogP contribution in [0.25, 0.3) is 0 Å². The first kappa shape index (κ1) is 21.4. The molecule has 3 N–H and O–H groups in total. The minimum Gasteiger partial charge on any atom is -0.496 e. The van der Waals surface area contributed by atoms with Gasteiger partial charge in [-0.15, -0.1) is 0 Å². The third kappa shape index (κ3) is 5.80. The minimum atomic E-state index is -4.01. The maximum absolute atomic E-state index is 12.4. The molecule has 2 rings (SSSR count). The number of nitrogens with two attached hydrogens (primary N) is 1. The van der Waals surface area contributed by atoms with Crippen LogP contribution in [0.3, 0.4) is 0 Å². The van der Waals surface area contributed by atoms with E-state index >= 15 is 0 Å². The standard InChI is InChI=1S/C19H22N2O6S/c1-13(18(22)21-11-10-14-6-4-3-5-7-14)27-19(23)16-12-15(28(20,24)25)8-9-17(16)26-2/h3-9,12-13H,10-11H2,1-2H3,(H,21,22)(H2,20,24,25)/t13-/m0/s1. The molecule has 1 atom stereocenters. The Kier molecular flexibility index (Phi) is 7.13. The van der Waals surface area contributed by atoms with Gasteiger partial charge in [0.05, 0.1) is 12.0 Å². The second-order valence-corrected chi connectivity index (χ2v) is 7.54. The van der Waals surface area contributed by atoms with Crippen LogP contribution in [0.4, 0.5) is 0 Å². The normalized spacial score (nSPS) is 12.1. The summed E-state index contributed by atoms with van der Waals surface area (Å²) in [6.07, 6.45) is -0.441. The van der Waals surface area contributed by atoms with Gasteiger partial charge in [0.2, 0.25) is 10.0 Å². The summed E-state index contributed by atoms with van der Waals surface area (Å²) in [5.74, 6) is -1.26. The lowest BCUT2D eigenvalue weighted by Crippen LogP contribution is -2.37. The molecule has 0 aliphatic rings. The Hall–Kier alpha value is -2.91. The molecule has 1 amide bonds. The number of benzene rings is 2. The van der Waals surface area contributed by atoms with E-state index in [-0.39, 0.29) is 16.2 Å². The summed E-state index contributed by atoms with van der Waals surface area (Å²) in [6.45, 7) is 1.81. The maximum atomic E-state index is 12.4. The number of primary sulfonamides is 1.